The van der Waals surface area contributed by atoms with Crippen LogP contribution >= 0.6 is 0 Å². The van der Waals surface area contributed by atoms with E-state index in [1.54, 1.807) is 6.33 Å². The summed E-state index contributed by atoms with van der Waals surface area (Å²) in [5.41, 5.74) is 4.64. The van der Waals surface area contributed by atoms with Crippen LogP contribution in [-0.2, 0) is 11.2 Å². The molecule has 0 bridgehead atoms. The van der Waals surface area contributed by atoms with E-state index in [4.69, 9.17) is 14.7 Å². The van der Waals surface area contributed by atoms with Gasteiger partial charge in [0.05, 0.1) is 12.4 Å². The van der Waals surface area contributed by atoms with Crippen molar-refractivity contribution < 1.29 is 4.74 Å². The zero-order valence-corrected chi connectivity index (χ0v) is 17.3. The third-order valence-electron chi connectivity index (χ3n) is 6.55. The fraction of sp³-hybridized carbons (Fsp3) is 0.522. The second kappa shape index (κ2) is 7.75. The lowest BCUT2D eigenvalue weighted by Crippen LogP contribution is -2.36. The Hall–Kier alpha value is -2.47. The van der Waals surface area contributed by atoms with Crippen LogP contribution in [0.25, 0.3) is 11.2 Å². The summed E-state index contributed by atoms with van der Waals surface area (Å²) in [5.74, 6) is 0.945. The highest BCUT2D eigenvalue weighted by Gasteiger charge is 2.33. The first kappa shape index (κ1) is 18.6. The summed E-state index contributed by atoms with van der Waals surface area (Å²) in [5, 5.41) is 0. The number of anilines is 1. The number of aryl methyl sites for hydroxylation is 1. The fourth-order valence-electron chi connectivity index (χ4n) is 4.87. The number of benzene rings is 1. The SMILES string of the molecule is CCC(C)N(c1ncnc2c1ncn2C1CCCCO1)C1CCc2ccccc21. The van der Waals surface area contributed by atoms with Crippen LogP contribution in [0.5, 0.6) is 0 Å². The van der Waals surface area contributed by atoms with Gasteiger partial charge in [0.15, 0.2) is 17.0 Å². The Kier molecular flexibility index (Phi) is 4.96. The van der Waals surface area contributed by atoms with E-state index in [0.29, 0.717) is 12.1 Å². The van der Waals surface area contributed by atoms with Crippen molar-refractivity contribution >= 4 is 17.0 Å². The van der Waals surface area contributed by atoms with Gasteiger partial charge in [-0.15, -0.1) is 0 Å². The van der Waals surface area contributed by atoms with E-state index in [0.717, 1.165) is 55.7 Å². The van der Waals surface area contributed by atoms with Crippen molar-refractivity contribution in [1.29, 1.82) is 0 Å². The average Bonchev–Trinajstić information content (AvgIpc) is 3.40. The van der Waals surface area contributed by atoms with Crippen LogP contribution in [0.3, 0.4) is 0 Å². The standard InChI is InChI=1S/C23H29N5O/c1-3-16(2)28(19-12-11-17-8-4-5-9-18(17)19)23-21-22(24-14-25-23)27(15-26-21)20-10-6-7-13-29-20/h4-5,8-9,14-16,19-20H,3,6-7,10-13H2,1-2H3. The van der Waals surface area contributed by atoms with Crippen LogP contribution < -0.4 is 4.90 Å². The van der Waals surface area contributed by atoms with E-state index in [1.807, 2.05) is 6.33 Å². The summed E-state index contributed by atoms with van der Waals surface area (Å²) >= 11 is 0. The minimum absolute atomic E-state index is 0.0285. The summed E-state index contributed by atoms with van der Waals surface area (Å²) in [6, 6.07) is 9.51. The summed E-state index contributed by atoms with van der Waals surface area (Å²) in [6.07, 6.45) is 10.2. The fourth-order valence-corrected chi connectivity index (χ4v) is 4.87. The first-order valence-electron chi connectivity index (χ1n) is 10.9. The summed E-state index contributed by atoms with van der Waals surface area (Å²) < 4.78 is 8.09. The molecule has 2 aliphatic rings. The number of hydrogen-bond acceptors (Lipinski definition) is 5. The second-order valence-electron chi connectivity index (χ2n) is 8.26. The highest BCUT2D eigenvalue weighted by Crippen LogP contribution is 2.41. The van der Waals surface area contributed by atoms with Crippen LogP contribution in [0, 0.1) is 0 Å². The molecule has 0 radical (unpaired) electrons. The Balaban J connectivity index is 1.59. The maximum absolute atomic E-state index is 5.99. The average molecular weight is 392 g/mol. The smallest absolute Gasteiger partial charge is 0.167 e. The van der Waals surface area contributed by atoms with Crippen molar-refractivity contribution in [3.8, 4) is 0 Å². The van der Waals surface area contributed by atoms with Gasteiger partial charge in [0.1, 0.15) is 12.6 Å². The minimum Gasteiger partial charge on any atom is -0.358 e. The topological polar surface area (TPSA) is 56.1 Å². The quantitative estimate of drug-likeness (QED) is 0.624. The second-order valence-corrected chi connectivity index (χ2v) is 8.26. The number of hydrogen-bond donors (Lipinski definition) is 0. The van der Waals surface area contributed by atoms with Crippen LogP contribution in [0.2, 0.25) is 0 Å². The molecule has 2 aromatic heterocycles. The Morgan fingerprint density at radius 2 is 2.07 bits per heavy atom. The highest BCUT2D eigenvalue weighted by molar-refractivity contribution is 5.84. The van der Waals surface area contributed by atoms with Crippen molar-refractivity contribution in [2.45, 2.75) is 70.7 Å². The van der Waals surface area contributed by atoms with Crippen molar-refractivity contribution in [2.24, 2.45) is 0 Å². The van der Waals surface area contributed by atoms with Gasteiger partial charge in [-0.3, -0.25) is 4.57 Å². The van der Waals surface area contributed by atoms with Gasteiger partial charge in [-0.25, -0.2) is 15.0 Å². The molecule has 1 fully saturated rings. The summed E-state index contributed by atoms with van der Waals surface area (Å²) in [4.78, 5) is 16.6. The maximum atomic E-state index is 5.99. The summed E-state index contributed by atoms with van der Waals surface area (Å²) in [7, 11) is 0. The number of rotatable bonds is 5. The van der Waals surface area contributed by atoms with Gasteiger partial charge in [0.2, 0.25) is 0 Å². The predicted molar refractivity (Wildman–Crippen MR) is 114 cm³/mol. The van der Waals surface area contributed by atoms with E-state index in [-0.39, 0.29) is 6.23 Å². The number of aromatic nitrogens is 4. The molecule has 3 heterocycles. The molecular weight excluding hydrogens is 362 g/mol. The number of nitrogens with zero attached hydrogens (tertiary/aromatic N) is 5. The van der Waals surface area contributed by atoms with Gasteiger partial charge in [-0.05, 0) is 56.6 Å². The molecule has 3 atom stereocenters. The molecule has 1 aliphatic carbocycles. The van der Waals surface area contributed by atoms with Crippen molar-refractivity contribution in [3.05, 3.63) is 48.0 Å². The van der Waals surface area contributed by atoms with E-state index in [2.05, 4.69) is 52.6 Å². The molecular formula is C23H29N5O. The van der Waals surface area contributed by atoms with Gasteiger partial charge in [0.25, 0.3) is 0 Å². The zero-order chi connectivity index (χ0) is 19.8. The van der Waals surface area contributed by atoms with Crippen LogP contribution in [0.1, 0.15) is 69.3 Å². The number of ether oxygens (including phenoxy) is 1. The van der Waals surface area contributed by atoms with Crippen LogP contribution in [0.4, 0.5) is 5.82 Å². The van der Waals surface area contributed by atoms with E-state index >= 15 is 0 Å². The van der Waals surface area contributed by atoms with Crippen molar-refractivity contribution in [1.82, 2.24) is 19.5 Å². The molecule has 0 N–H and O–H groups in total. The molecule has 3 unspecified atom stereocenters. The molecule has 29 heavy (non-hydrogen) atoms. The zero-order valence-electron chi connectivity index (χ0n) is 17.3. The third-order valence-corrected chi connectivity index (χ3v) is 6.55. The number of fused-ring (bicyclic) bond motifs is 2. The molecule has 152 valence electrons. The largest absolute Gasteiger partial charge is 0.358 e. The normalized spacial score (nSPS) is 22.6. The van der Waals surface area contributed by atoms with Crippen LogP contribution in [-0.4, -0.2) is 32.2 Å². The van der Waals surface area contributed by atoms with E-state index < -0.39 is 0 Å². The highest BCUT2D eigenvalue weighted by atomic mass is 16.5. The summed E-state index contributed by atoms with van der Waals surface area (Å²) in [6.45, 7) is 5.33. The lowest BCUT2D eigenvalue weighted by atomic mass is 10.0. The Bertz CT molecular complexity index is 994. The van der Waals surface area contributed by atoms with Crippen molar-refractivity contribution in [3.63, 3.8) is 0 Å². The first-order chi connectivity index (χ1) is 14.3. The number of imidazole rings is 1. The molecule has 0 spiro atoms. The third kappa shape index (κ3) is 3.19. The molecule has 3 aromatic rings. The molecule has 5 rings (SSSR count). The molecule has 1 aliphatic heterocycles. The maximum Gasteiger partial charge on any atom is 0.167 e. The predicted octanol–water partition coefficient (Wildman–Crippen LogP) is 4.82. The van der Waals surface area contributed by atoms with Crippen molar-refractivity contribution in [2.75, 3.05) is 11.5 Å². The van der Waals surface area contributed by atoms with Crippen LogP contribution in [0.15, 0.2) is 36.9 Å². The van der Waals surface area contributed by atoms with Gasteiger partial charge in [-0.2, -0.15) is 0 Å². The van der Waals surface area contributed by atoms with Gasteiger partial charge >= 0.3 is 0 Å². The Labute approximate surface area is 171 Å². The Morgan fingerprint density at radius 1 is 1.17 bits per heavy atom. The molecule has 1 aromatic carbocycles. The minimum atomic E-state index is 0.0285. The monoisotopic (exact) mass is 391 g/mol. The van der Waals surface area contributed by atoms with Gasteiger partial charge in [-0.1, -0.05) is 31.2 Å². The van der Waals surface area contributed by atoms with E-state index in [1.165, 1.54) is 17.5 Å². The molecule has 6 heteroatoms. The van der Waals surface area contributed by atoms with Gasteiger partial charge in [0, 0.05) is 12.6 Å². The van der Waals surface area contributed by atoms with E-state index in [9.17, 15) is 0 Å². The lowest BCUT2D eigenvalue weighted by molar-refractivity contribution is -0.0298. The Morgan fingerprint density at radius 3 is 2.90 bits per heavy atom. The molecule has 0 amide bonds. The first-order valence-corrected chi connectivity index (χ1v) is 10.9. The molecule has 0 saturated carbocycles. The lowest BCUT2D eigenvalue weighted by Gasteiger charge is -2.36. The van der Waals surface area contributed by atoms with Gasteiger partial charge < -0.3 is 9.64 Å². The molecule has 1 saturated heterocycles. The molecule has 6 nitrogen and oxygen atoms in total.